The molecule has 1 atom stereocenters. The molecule has 1 unspecified atom stereocenters. The van der Waals surface area contributed by atoms with Gasteiger partial charge in [0.1, 0.15) is 0 Å². The lowest BCUT2D eigenvalue weighted by Crippen LogP contribution is -2.62. The normalized spacial score (nSPS) is 16.3. The van der Waals surface area contributed by atoms with E-state index in [1.165, 1.54) is 0 Å². The third kappa shape index (κ3) is 4.43. The molecule has 0 spiro atoms. The molecule has 0 N–H and O–H groups in total. The molecule has 0 aliphatic rings. The topological polar surface area (TPSA) is 35.5 Å². The van der Waals surface area contributed by atoms with Gasteiger partial charge in [-0.3, -0.25) is 0 Å². The van der Waals surface area contributed by atoms with Gasteiger partial charge in [0.25, 0.3) is 0 Å². The summed E-state index contributed by atoms with van der Waals surface area (Å²) in [4.78, 5) is 0. The fourth-order valence-corrected chi connectivity index (χ4v) is 10.5. The van der Waals surface area contributed by atoms with Gasteiger partial charge in [0.2, 0.25) is 8.32 Å². The van der Waals surface area contributed by atoms with Crippen LogP contribution in [0.15, 0.2) is 0 Å². The molecule has 0 rings (SSSR count). The number of hydrogen-bond donors (Lipinski definition) is 0. The predicted octanol–water partition coefficient (Wildman–Crippen LogP) is 4.07. The average Bonchev–Trinajstić information content (AvgIpc) is 2.34. The molecule has 0 aliphatic carbocycles. The first-order valence-electron chi connectivity index (χ1n) is 7.89. The van der Waals surface area contributed by atoms with E-state index in [9.17, 15) is 4.46 Å². The van der Waals surface area contributed by atoms with Gasteiger partial charge in [0.15, 0.2) is 9.04 Å². The molecule has 0 radical (unpaired) electrons. The Labute approximate surface area is 130 Å². The summed E-state index contributed by atoms with van der Waals surface area (Å²) >= 11 is 0. The molecular weight excluding hydrogens is 300 g/mol. The van der Waals surface area contributed by atoms with Crippen LogP contribution in [0.5, 0.6) is 0 Å². The van der Waals surface area contributed by atoms with Crippen molar-refractivity contribution in [2.24, 2.45) is 0 Å². The van der Waals surface area contributed by atoms with Crippen LogP contribution < -0.4 is 0 Å². The maximum Gasteiger partial charge on any atom is 0.305 e. The standard InChI is InChI=1S/C14H34O3Si3/c1-10-13(4,16-18(5)6)20(8,9)17-14(11-2,12-3)19(7)15/h18H,10-12H2,1-9H3. The summed E-state index contributed by atoms with van der Waals surface area (Å²) in [6, 6.07) is 0. The van der Waals surface area contributed by atoms with Crippen LogP contribution in [0.2, 0.25) is 32.7 Å². The summed E-state index contributed by atoms with van der Waals surface area (Å²) in [7, 11) is -5.00. The van der Waals surface area contributed by atoms with Crippen LogP contribution in [-0.2, 0) is 13.3 Å². The van der Waals surface area contributed by atoms with E-state index in [1.807, 2.05) is 6.55 Å². The Morgan fingerprint density at radius 3 is 1.80 bits per heavy atom. The zero-order chi connectivity index (χ0) is 16.2. The Morgan fingerprint density at radius 1 is 1.10 bits per heavy atom. The van der Waals surface area contributed by atoms with Gasteiger partial charge in [-0.1, -0.05) is 20.8 Å². The lowest BCUT2D eigenvalue weighted by Gasteiger charge is -2.47. The molecule has 0 amide bonds. The van der Waals surface area contributed by atoms with Crippen molar-refractivity contribution in [3.05, 3.63) is 0 Å². The van der Waals surface area contributed by atoms with E-state index in [2.05, 4.69) is 53.9 Å². The van der Waals surface area contributed by atoms with Crippen molar-refractivity contribution in [1.29, 1.82) is 0 Å². The molecule has 0 saturated carbocycles. The highest BCUT2D eigenvalue weighted by Gasteiger charge is 2.50. The lowest BCUT2D eigenvalue weighted by atomic mass is 10.2. The molecule has 0 heterocycles. The van der Waals surface area contributed by atoms with Crippen molar-refractivity contribution >= 4 is 26.0 Å². The first kappa shape index (κ1) is 20.4. The fraction of sp³-hybridized carbons (Fsp3) is 1.00. The van der Waals surface area contributed by atoms with Gasteiger partial charge in [0.05, 0.1) is 10.4 Å². The van der Waals surface area contributed by atoms with Crippen molar-refractivity contribution in [2.45, 2.75) is 90.1 Å². The molecule has 0 aromatic heterocycles. The smallest absolute Gasteiger partial charge is 0.305 e. The summed E-state index contributed by atoms with van der Waals surface area (Å²) in [5, 5.41) is -0.640. The third-order valence-electron chi connectivity index (χ3n) is 4.68. The zero-order valence-electron chi connectivity index (χ0n) is 14.9. The van der Waals surface area contributed by atoms with Crippen molar-refractivity contribution in [3.63, 3.8) is 0 Å². The van der Waals surface area contributed by atoms with Crippen molar-refractivity contribution in [3.8, 4) is 0 Å². The molecule has 6 heteroatoms. The van der Waals surface area contributed by atoms with E-state index in [1.54, 1.807) is 0 Å². The fourth-order valence-electron chi connectivity index (χ4n) is 2.73. The van der Waals surface area contributed by atoms with Crippen molar-refractivity contribution in [2.75, 3.05) is 0 Å². The van der Waals surface area contributed by atoms with Gasteiger partial charge in [-0.25, -0.2) is 0 Å². The SMILES string of the molecule is CCC(CC)(O[Si](C)(C)C(C)(CC)O[SiH](C)C)[Si](C)=O. The quantitative estimate of drug-likeness (QED) is 0.596. The molecule has 3 nitrogen and oxygen atoms in total. The predicted molar refractivity (Wildman–Crippen MR) is 92.8 cm³/mol. The summed E-state index contributed by atoms with van der Waals surface area (Å²) in [6.45, 7) is 19.2. The Hall–Kier alpha value is 0.371. The average molecular weight is 335 g/mol. The highest BCUT2D eigenvalue weighted by Crippen LogP contribution is 2.35. The van der Waals surface area contributed by atoms with E-state index >= 15 is 0 Å². The number of hydrogen-bond acceptors (Lipinski definition) is 3. The van der Waals surface area contributed by atoms with Gasteiger partial charge in [-0.05, 0) is 58.9 Å². The summed E-state index contributed by atoms with van der Waals surface area (Å²) in [5.74, 6) is 0. The van der Waals surface area contributed by atoms with Gasteiger partial charge < -0.3 is 13.3 Å². The summed E-state index contributed by atoms with van der Waals surface area (Å²) in [5.41, 5.74) is 0. The Balaban J connectivity index is 5.44. The van der Waals surface area contributed by atoms with Crippen LogP contribution in [0.1, 0.15) is 47.0 Å². The van der Waals surface area contributed by atoms with Crippen LogP contribution in [0.25, 0.3) is 0 Å². The molecule has 20 heavy (non-hydrogen) atoms. The Kier molecular flexibility index (Phi) is 7.72. The van der Waals surface area contributed by atoms with Crippen LogP contribution in [0.3, 0.4) is 0 Å². The molecule has 0 bridgehead atoms. The second-order valence-corrected chi connectivity index (χ2v) is 15.3. The molecule has 0 saturated heterocycles. The molecule has 0 fully saturated rings. The molecule has 0 aromatic rings. The second-order valence-electron chi connectivity index (χ2n) is 6.62. The van der Waals surface area contributed by atoms with Crippen LogP contribution >= 0.6 is 0 Å². The first-order chi connectivity index (χ1) is 9.00. The highest BCUT2D eigenvalue weighted by atomic mass is 28.4. The van der Waals surface area contributed by atoms with Crippen molar-refractivity contribution < 1.29 is 13.3 Å². The minimum Gasteiger partial charge on any atom is -0.415 e. The first-order valence-corrected chi connectivity index (χ1v) is 15.5. The van der Waals surface area contributed by atoms with Crippen molar-refractivity contribution in [1.82, 2.24) is 0 Å². The van der Waals surface area contributed by atoms with Gasteiger partial charge in [-0.2, -0.15) is 0 Å². The number of rotatable bonds is 9. The van der Waals surface area contributed by atoms with Crippen LogP contribution in [-0.4, -0.2) is 36.5 Å². The van der Waals surface area contributed by atoms with E-state index in [0.29, 0.717) is 0 Å². The van der Waals surface area contributed by atoms with E-state index in [4.69, 9.17) is 8.85 Å². The monoisotopic (exact) mass is 334 g/mol. The van der Waals surface area contributed by atoms with Gasteiger partial charge in [-0.15, -0.1) is 0 Å². The second kappa shape index (κ2) is 7.58. The van der Waals surface area contributed by atoms with Crippen LogP contribution in [0, 0.1) is 0 Å². The maximum absolute atomic E-state index is 12.3. The third-order valence-corrected chi connectivity index (χ3v) is 12.1. The van der Waals surface area contributed by atoms with Gasteiger partial charge >= 0.3 is 8.68 Å². The zero-order valence-corrected chi connectivity index (χ0v) is 18.1. The Morgan fingerprint density at radius 2 is 1.55 bits per heavy atom. The Bertz CT molecular complexity index is 328. The highest BCUT2D eigenvalue weighted by molar-refractivity contribution is 6.75. The summed E-state index contributed by atoms with van der Waals surface area (Å²) < 4.78 is 25.3. The summed E-state index contributed by atoms with van der Waals surface area (Å²) in [6.07, 6.45) is 2.58. The lowest BCUT2D eigenvalue weighted by molar-refractivity contribution is 0.0687. The van der Waals surface area contributed by atoms with Gasteiger partial charge in [0, 0.05) is 0 Å². The van der Waals surface area contributed by atoms with E-state index in [-0.39, 0.29) is 5.22 Å². The minimum atomic E-state index is -2.12. The minimum absolute atomic E-state index is 0.194. The van der Waals surface area contributed by atoms with Crippen LogP contribution in [0.4, 0.5) is 0 Å². The molecule has 0 aromatic carbocycles. The molecular formula is C14H34O3Si3. The molecule has 0 aliphatic heterocycles. The maximum atomic E-state index is 12.3. The largest absolute Gasteiger partial charge is 0.415 e. The molecule has 120 valence electrons. The van der Waals surface area contributed by atoms with E-state index in [0.717, 1.165) is 19.3 Å². The van der Waals surface area contributed by atoms with E-state index < -0.39 is 31.3 Å².